The predicted molar refractivity (Wildman–Crippen MR) is 127 cm³/mol. The lowest BCUT2D eigenvalue weighted by molar-refractivity contribution is -0.143. The van der Waals surface area contributed by atoms with E-state index in [-0.39, 0.29) is 11.5 Å². The summed E-state index contributed by atoms with van der Waals surface area (Å²) >= 11 is 6.30. The molecule has 0 aliphatic carbocycles. The SMILES string of the molecule is CCn1c(=O)c(CCN2CCC(C(=O)O)CC2)c(-c2cccc(Cl)c2)c2ccc(C)nc21. The molecule has 1 fully saturated rings. The zero-order valence-corrected chi connectivity index (χ0v) is 19.2. The summed E-state index contributed by atoms with van der Waals surface area (Å²) in [4.78, 5) is 31.8. The number of aromatic nitrogens is 2. The van der Waals surface area contributed by atoms with Gasteiger partial charge < -0.3 is 10.0 Å². The highest BCUT2D eigenvalue weighted by atomic mass is 35.5. The molecular weight excluding hydrogens is 426 g/mol. The van der Waals surface area contributed by atoms with Crippen molar-refractivity contribution in [2.75, 3.05) is 19.6 Å². The van der Waals surface area contributed by atoms with Gasteiger partial charge in [-0.3, -0.25) is 14.2 Å². The number of fused-ring (bicyclic) bond motifs is 1. The number of rotatable bonds is 6. The maximum Gasteiger partial charge on any atom is 0.306 e. The van der Waals surface area contributed by atoms with Crippen LogP contribution in [0, 0.1) is 12.8 Å². The van der Waals surface area contributed by atoms with Gasteiger partial charge in [0.25, 0.3) is 5.56 Å². The van der Waals surface area contributed by atoms with E-state index in [9.17, 15) is 14.7 Å². The number of carboxylic acids is 1. The average Bonchev–Trinajstić information content (AvgIpc) is 2.78. The van der Waals surface area contributed by atoms with Gasteiger partial charge in [-0.15, -0.1) is 0 Å². The van der Waals surface area contributed by atoms with Crippen LogP contribution in [0.15, 0.2) is 41.2 Å². The van der Waals surface area contributed by atoms with Gasteiger partial charge in [0.1, 0.15) is 5.65 Å². The number of likely N-dealkylation sites (tertiary alicyclic amines) is 1. The van der Waals surface area contributed by atoms with Gasteiger partial charge in [0.15, 0.2) is 0 Å². The van der Waals surface area contributed by atoms with Crippen LogP contribution in [0.4, 0.5) is 0 Å². The molecule has 168 valence electrons. The van der Waals surface area contributed by atoms with E-state index in [0.717, 1.165) is 40.9 Å². The number of piperidine rings is 1. The van der Waals surface area contributed by atoms with Crippen LogP contribution in [0.1, 0.15) is 31.0 Å². The second-order valence-corrected chi connectivity index (χ2v) is 8.88. The molecule has 0 radical (unpaired) electrons. The Balaban J connectivity index is 1.78. The van der Waals surface area contributed by atoms with Crippen molar-refractivity contribution < 1.29 is 9.90 Å². The Morgan fingerprint density at radius 1 is 1.22 bits per heavy atom. The summed E-state index contributed by atoms with van der Waals surface area (Å²) in [5.74, 6) is -0.975. The molecule has 0 bridgehead atoms. The van der Waals surface area contributed by atoms with Crippen LogP contribution in [0.3, 0.4) is 0 Å². The summed E-state index contributed by atoms with van der Waals surface area (Å²) in [6.07, 6.45) is 1.88. The van der Waals surface area contributed by atoms with Gasteiger partial charge in [-0.05, 0) is 76.0 Å². The van der Waals surface area contributed by atoms with Gasteiger partial charge in [-0.2, -0.15) is 0 Å². The summed E-state index contributed by atoms with van der Waals surface area (Å²) in [5.41, 5.74) is 4.10. The zero-order valence-electron chi connectivity index (χ0n) is 18.5. The number of benzene rings is 1. The minimum absolute atomic E-state index is 0.0199. The number of aryl methyl sites for hydroxylation is 2. The first-order valence-corrected chi connectivity index (χ1v) is 11.5. The first-order chi connectivity index (χ1) is 15.4. The number of nitrogens with zero attached hydrogens (tertiary/aromatic N) is 3. The van der Waals surface area contributed by atoms with Crippen LogP contribution in [0.25, 0.3) is 22.2 Å². The first-order valence-electron chi connectivity index (χ1n) is 11.1. The lowest BCUT2D eigenvalue weighted by Gasteiger charge is -2.30. The van der Waals surface area contributed by atoms with E-state index >= 15 is 0 Å². The quantitative estimate of drug-likeness (QED) is 0.599. The number of pyridine rings is 2. The minimum atomic E-state index is -0.712. The van der Waals surface area contributed by atoms with Crippen molar-refractivity contribution in [1.82, 2.24) is 14.5 Å². The number of hydrogen-bond donors (Lipinski definition) is 1. The van der Waals surface area contributed by atoms with Crippen LogP contribution in [0.2, 0.25) is 5.02 Å². The fraction of sp³-hybridized carbons (Fsp3) is 0.400. The van der Waals surface area contributed by atoms with Gasteiger partial charge >= 0.3 is 5.97 Å². The van der Waals surface area contributed by atoms with E-state index in [4.69, 9.17) is 16.6 Å². The molecule has 1 aliphatic rings. The normalized spacial score (nSPS) is 15.3. The van der Waals surface area contributed by atoms with Crippen molar-refractivity contribution in [2.45, 2.75) is 39.7 Å². The number of carbonyl (C=O) groups is 1. The van der Waals surface area contributed by atoms with Crippen molar-refractivity contribution in [3.63, 3.8) is 0 Å². The van der Waals surface area contributed by atoms with Gasteiger partial charge in [-0.1, -0.05) is 23.7 Å². The summed E-state index contributed by atoms with van der Waals surface area (Å²) in [6.45, 7) is 6.61. The highest BCUT2D eigenvalue weighted by molar-refractivity contribution is 6.30. The van der Waals surface area contributed by atoms with Crippen molar-refractivity contribution in [1.29, 1.82) is 0 Å². The Morgan fingerprint density at radius 2 is 1.97 bits per heavy atom. The summed E-state index contributed by atoms with van der Waals surface area (Å²) < 4.78 is 1.75. The number of carboxylic acid groups (broad SMARTS) is 1. The summed E-state index contributed by atoms with van der Waals surface area (Å²) in [6, 6.07) is 11.6. The molecule has 3 heterocycles. The molecule has 0 amide bonds. The van der Waals surface area contributed by atoms with E-state index in [1.165, 1.54) is 0 Å². The number of halogens is 1. The van der Waals surface area contributed by atoms with Crippen molar-refractivity contribution in [2.24, 2.45) is 5.92 Å². The maximum absolute atomic E-state index is 13.6. The van der Waals surface area contributed by atoms with Crippen molar-refractivity contribution >= 4 is 28.6 Å². The van der Waals surface area contributed by atoms with E-state index in [0.29, 0.717) is 43.0 Å². The van der Waals surface area contributed by atoms with E-state index < -0.39 is 5.97 Å². The van der Waals surface area contributed by atoms with Gasteiger partial charge in [0, 0.05) is 40.3 Å². The average molecular weight is 454 g/mol. The lowest BCUT2D eigenvalue weighted by atomic mass is 9.94. The highest BCUT2D eigenvalue weighted by Crippen LogP contribution is 2.32. The largest absolute Gasteiger partial charge is 0.481 e. The predicted octanol–water partition coefficient (Wildman–Crippen LogP) is 4.38. The molecule has 4 rings (SSSR count). The summed E-state index contributed by atoms with van der Waals surface area (Å²) in [5, 5.41) is 10.8. The zero-order chi connectivity index (χ0) is 22.8. The molecule has 32 heavy (non-hydrogen) atoms. The molecule has 0 unspecified atom stereocenters. The Morgan fingerprint density at radius 3 is 2.62 bits per heavy atom. The first kappa shape index (κ1) is 22.5. The van der Waals surface area contributed by atoms with Crippen LogP contribution >= 0.6 is 11.6 Å². The van der Waals surface area contributed by atoms with Crippen LogP contribution in [0.5, 0.6) is 0 Å². The Labute approximate surface area is 192 Å². The van der Waals surface area contributed by atoms with Crippen molar-refractivity contribution in [3.05, 3.63) is 63.0 Å². The molecule has 6 nitrogen and oxygen atoms in total. The Kier molecular flexibility index (Phi) is 6.63. The third kappa shape index (κ3) is 4.43. The van der Waals surface area contributed by atoms with Crippen molar-refractivity contribution in [3.8, 4) is 11.1 Å². The second-order valence-electron chi connectivity index (χ2n) is 8.44. The fourth-order valence-electron chi connectivity index (χ4n) is 4.64. The van der Waals surface area contributed by atoms with E-state index in [1.54, 1.807) is 4.57 Å². The minimum Gasteiger partial charge on any atom is -0.481 e. The molecule has 1 N–H and O–H groups in total. The molecular formula is C25H28ClN3O3. The van der Waals surface area contributed by atoms with Crippen LogP contribution in [-0.4, -0.2) is 45.2 Å². The number of hydrogen-bond acceptors (Lipinski definition) is 4. The molecule has 2 aromatic heterocycles. The molecule has 1 aliphatic heterocycles. The number of aliphatic carboxylic acids is 1. The summed E-state index contributed by atoms with van der Waals surface area (Å²) in [7, 11) is 0. The van der Waals surface area contributed by atoms with Crippen LogP contribution in [-0.2, 0) is 17.8 Å². The standard InChI is InChI=1S/C25H28ClN3O3/c1-3-29-23-20(8-7-16(2)27-23)22(18-5-4-6-19(26)15-18)21(24(29)30)11-14-28-12-9-17(10-13-28)25(31)32/h4-8,15,17H,3,9-14H2,1-2H3,(H,31,32). The molecule has 3 aromatic rings. The highest BCUT2D eigenvalue weighted by Gasteiger charge is 2.25. The van der Waals surface area contributed by atoms with E-state index in [1.807, 2.05) is 50.2 Å². The maximum atomic E-state index is 13.6. The second kappa shape index (κ2) is 9.43. The lowest BCUT2D eigenvalue weighted by Crippen LogP contribution is -2.38. The fourth-order valence-corrected chi connectivity index (χ4v) is 4.84. The monoisotopic (exact) mass is 453 g/mol. The van der Waals surface area contributed by atoms with Gasteiger partial charge in [0.2, 0.25) is 0 Å². The molecule has 7 heteroatoms. The van der Waals surface area contributed by atoms with E-state index in [2.05, 4.69) is 4.90 Å². The molecule has 1 saturated heterocycles. The molecule has 0 saturated carbocycles. The van der Waals surface area contributed by atoms with Gasteiger partial charge in [-0.25, -0.2) is 4.98 Å². The Hall–Kier alpha value is -2.70. The molecule has 1 aromatic carbocycles. The smallest absolute Gasteiger partial charge is 0.306 e. The molecule has 0 spiro atoms. The third-order valence-electron chi connectivity index (χ3n) is 6.39. The topological polar surface area (TPSA) is 75.4 Å². The van der Waals surface area contributed by atoms with Crippen LogP contribution < -0.4 is 5.56 Å². The van der Waals surface area contributed by atoms with Gasteiger partial charge in [0.05, 0.1) is 5.92 Å². The Bertz CT molecular complexity index is 1210. The molecule has 0 atom stereocenters. The third-order valence-corrected chi connectivity index (χ3v) is 6.62.